The smallest absolute Gasteiger partial charge is 0.341 e. The van der Waals surface area contributed by atoms with Gasteiger partial charge < -0.3 is 24.4 Å². The second-order valence-corrected chi connectivity index (χ2v) is 8.65. The number of nitrogens with one attached hydrogen (secondary N) is 1. The van der Waals surface area contributed by atoms with Crippen molar-refractivity contribution >= 4 is 40.2 Å². The third-order valence-electron chi connectivity index (χ3n) is 5.01. The molecule has 0 aliphatic carbocycles. The fourth-order valence-electron chi connectivity index (χ4n) is 3.26. The first kappa shape index (κ1) is 26.9. The van der Waals surface area contributed by atoms with Crippen LogP contribution in [0.15, 0.2) is 24.3 Å². The summed E-state index contributed by atoms with van der Waals surface area (Å²) < 4.78 is 15.9. The van der Waals surface area contributed by atoms with E-state index in [0.717, 1.165) is 16.9 Å². The first-order valence-corrected chi connectivity index (χ1v) is 11.8. The Bertz CT molecular complexity index is 1070. The van der Waals surface area contributed by atoms with Gasteiger partial charge >= 0.3 is 5.97 Å². The summed E-state index contributed by atoms with van der Waals surface area (Å²) in [6.07, 6.45) is 2.62. The zero-order valence-corrected chi connectivity index (χ0v) is 21.5. The van der Waals surface area contributed by atoms with E-state index in [2.05, 4.69) is 5.32 Å². The van der Waals surface area contributed by atoms with Crippen LogP contribution < -0.4 is 14.8 Å². The third kappa shape index (κ3) is 6.38. The highest BCUT2D eigenvalue weighted by molar-refractivity contribution is 7.18. The van der Waals surface area contributed by atoms with Crippen LogP contribution in [-0.4, -0.2) is 56.1 Å². The quantitative estimate of drug-likeness (QED) is 0.382. The van der Waals surface area contributed by atoms with Gasteiger partial charge in [-0.3, -0.25) is 9.59 Å². The molecule has 8 nitrogen and oxygen atoms in total. The number of esters is 1. The maximum atomic E-state index is 13.0. The number of hydrogen-bond acceptors (Lipinski definition) is 7. The molecule has 1 N–H and O–H groups in total. The third-order valence-corrected chi connectivity index (χ3v) is 6.21. The van der Waals surface area contributed by atoms with Crippen molar-refractivity contribution < 1.29 is 28.6 Å². The Hall–Kier alpha value is -3.33. The fourth-order valence-corrected chi connectivity index (χ4v) is 4.43. The molecule has 2 aromatic rings. The van der Waals surface area contributed by atoms with Crippen LogP contribution in [0.1, 0.15) is 58.9 Å². The van der Waals surface area contributed by atoms with E-state index in [4.69, 9.17) is 14.2 Å². The summed E-state index contributed by atoms with van der Waals surface area (Å²) in [6.45, 7) is 10.0. The molecule has 9 heteroatoms. The molecule has 0 bridgehead atoms. The van der Waals surface area contributed by atoms with Crippen LogP contribution in [0.4, 0.5) is 5.00 Å². The Balaban J connectivity index is 2.36. The number of ether oxygens (including phenoxy) is 3. The van der Waals surface area contributed by atoms with E-state index < -0.39 is 11.9 Å². The van der Waals surface area contributed by atoms with E-state index in [1.165, 1.54) is 13.2 Å². The molecule has 0 aliphatic rings. The highest BCUT2D eigenvalue weighted by Crippen LogP contribution is 2.35. The van der Waals surface area contributed by atoms with Crippen LogP contribution in [-0.2, 0) is 9.53 Å². The van der Waals surface area contributed by atoms with Crippen LogP contribution in [0, 0.1) is 6.92 Å². The molecule has 0 unspecified atom stereocenters. The fraction of sp³-hybridized carbons (Fsp3) is 0.400. The summed E-state index contributed by atoms with van der Waals surface area (Å²) in [6, 6.07) is 5.26. The number of benzene rings is 1. The molecule has 0 aliphatic heterocycles. The van der Waals surface area contributed by atoms with Gasteiger partial charge in [0.05, 0.1) is 30.8 Å². The number of nitrogens with zero attached hydrogens (tertiary/aromatic N) is 1. The van der Waals surface area contributed by atoms with Crippen molar-refractivity contribution in [1.29, 1.82) is 0 Å². The van der Waals surface area contributed by atoms with Crippen molar-refractivity contribution in [2.75, 3.05) is 32.6 Å². The number of rotatable bonds is 10. The molecule has 2 amide bonds. The molecule has 1 aromatic carbocycles. The van der Waals surface area contributed by atoms with Gasteiger partial charge in [0.2, 0.25) is 5.91 Å². The first-order chi connectivity index (χ1) is 16.2. The summed E-state index contributed by atoms with van der Waals surface area (Å²) in [5, 5.41) is 3.02. The first-order valence-electron chi connectivity index (χ1n) is 11.0. The summed E-state index contributed by atoms with van der Waals surface area (Å²) in [4.78, 5) is 40.6. The maximum Gasteiger partial charge on any atom is 0.341 e. The average Bonchev–Trinajstić information content (AvgIpc) is 3.13. The molecule has 2 rings (SSSR count). The number of amides is 2. The second kappa shape index (κ2) is 12.2. The van der Waals surface area contributed by atoms with E-state index in [1.54, 1.807) is 57.1 Å². The summed E-state index contributed by atoms with van der Waals surface area (Å²) in [7, 11) is 3.08. The minimum atomic E-state index is -0.582. The average molecular weight is 489 g/mol. The lowest BCUT2D eigenvalue weighted by Crippen LogP contribution is -2.30. The van der Waals surface area contributed by atoms with Gasteiger partial charge in [-0.1, -0.05) is 6.07 Å². The van der Waals surface area contributed by atoms with Gasteiger partial charge in [-0.2, -0.15) is 0 Å². The number of thiophene rings is 1. The standard InChI is InChI=1S/C25H32N2O6S/c1-8-27(9-2)24(29)22-16(5)21(25(30)33-15(3)4)23(34-22)26-20(28)13-11-17-10-12-18(31-6)19(14-17)32-7/h10-15H,8-9H2,1-7H3,(H,26,28)/b13-11+. The molecule has 1 heterocycles. The summed E-state index contributed by atoms with van der Waals surface area (Å²) in [5.41, 5.74) is 1.42. The predicted octanol–water partition coefficient (Wildman–Crippen LogP) is 4.77. The predicted molar refractivity (Wildman–Crippen MR) is 134 cm³/mol. The second-order valence-electron chi connectivity index (χ2n) is 7.63. The number of anilines is 1. The topological polar surface area (TPSA) is 94.2 Å². The van der Waals surface area contributed by atoms with E-state index in [0.29, 0.717) is 35.0 Å². The van der Waals surface area contributed by atoms with Gasteiger partial charge in [0, 0.05) is 19.2 Å². The van der Waals surface area contributed by atoms with Crippen molar-refractivity contribution in [3.63, 3.8) is 0 Å². The number of hydrogen-bond donors (Lipinski definition) is 1. The minimum absolute atomic E-state index is 0.188. The highest BCUT2D eigenvalue weighted by atomic mass is 32.1. The van der Waals surface area contributed by atoms with Crippen molar-refractivity contribution in [3.8, 4) is 11.5 Å². The van der Waals surface area contributed by atoms with Crippen LogP contribution in [0.25, 0.3) is 6.08 Å². The van der Waals surface area contributed by atoms with E-state index >= 15 is 0 Å². The lowest BCUT2D eigenvalue weighted by Gasteiger charge is -2.18. The van der Waals surface area contributed by atoms with Gasteiger partial charge in [0.15, 0.2) is 11.5 Å². The molecule has 1 aromatic heterocycles. The van der Waals surface area contributed by atoms with Crippen LogP contribution in [0.5, 0.6) is 11.5 Å². The van der Waals surface area contributed by atoms with E-state index in [-0.39, 0.29) is 22.6 Å². The molecule has 0 radical (unpaired) electrons. The summed E-state index contributed by atoms with van der Waals surface area (Å²) in [5.74, 6) is -0.0977. The molecule has 184 valence electrons. The SMILES string of the molecule is CCN(CC)C(=O)c1sc(NC(=O)/C=C/c2ccc(OC)c(OC)c2)c(C(=O)OC(C)C)c1C. The number of methoxy groups -OCH3 is 2. The molecule has 34 heavy (non-hydrogen) atoms. The Morgan fingerprint density at radius 3 is 2.29 bits per heavy atom. The minimum Gasteiger partial charge on any atom is -0.493 e. The Morgan fingerprint density at radius 2 is 1.74 bits per heavy atom. The van der Waals surface area contributed by atoms with Crippen molar-refractivity contribution in [3.05, 3.63) is 45.8 Å². The molecular weight excluding hydrogens is 456 g/mol. The number of carbonyl (C=O) groups is 3. The Morgan fingerprint density at radius 1 is 1.09 bits per heavy atom. The molecule has 0 fully saturated rings. The van der Waals surface area contributed by atoms with E-state index in [9.17, 15) is 14.4 Å². The highest BCUT2D eigenvalue weighted by Gasteiger charge is 2.28. The van der Waals surface area contributed by atoms with Gasteiger partial charge in [-0.15, -0.1) is 11.3 Å². The van der Waals surface area contributed by atoms with Crippen molar-refractivity contribution in [2.45, 2.75) is 40.7 Å². The molecular formula is C25H32N2O6S. The van der Waals surface area contributed by atoms with E-state index in [1.807, 2.05) is 13.8 Å². The van der Waals surface area contributed by atoms with Crippen molar-refractivity contribution in [2.24, 2.45) is 0 Å². The van der Waals surface area contributed by atoms with Crippen LogP contribution in [0.3, 0.4) is 0 Å². The Kier molecular flexibility index (Phi) is 9.68. The lowest BCUT2D eigenvalue weighted by atomic mass is 10.1. The molecule has 0 atom stereocenters. The Labute approximate surface area is 204 Å². The zero-order valence-electron chi connectivity index (χ0n) is 20.7. The van der Waals surface area contributed by atoms with Crippen LogP contribution in [0.2, 0.25) is 0 Å². The summed E-state index contributed by atoms with van der Waals surface area (Å²) >= 11 is 1.08. The van der Waals surface area contributed by atoms with Gasteiger partial charge in [-0.25, -0.2) is 4.79 Å². The van der Waals surface area contributed by atoms with Gasteiger partial charge in [0.1, 0.15) is 5.00 Å². The largest absolute Gasteiger partial charge is 0.493 e. The normalized spacial score (nSPS) is 10.9. The monoisotopic (exact) mass is 488 g/mol. The van der Waals surface area contributed by atoms with Gasteiger partial charge in [-0.05, 0) is 64.0 Å². The zero-order chi connectivity index (χ0) is 25.4. The lowest BCUT2D eigenvalue weighted by molar-refractivity contribution is -0.111. The molecule has 0 saturated heterocycles. The maximum absolute atomic E-state index is 13.0. The molecule has 0 saturated carbocycles. The molecule has 0 spiro atoms. The number of carbonyl (C=O) groups excluding carboxylic acids is 3. The van der Waals surface area contributed by atoms with Gasteiger partial charge in [0.25, 0.3) is 5.91 Å². The van der Waals surface area contributed by atoms with Crippen LogP contribution >= 0.6 is 11.3 Å². The van der Waals surface area contributed by atoms with Crippen molar-refractivity contribution in [1.82, 2.24) is 4.90 Å².